The third kappa shape index (κ3) is 4.04. The highest BCUT2D eigenvalue weighted by atomic mass is 16.6. The molecule has 3 amide bonds. The zero-order chi connectivity index (χ0) is 16.8. The number of nitrogens with one attached hydrogen (secondary N) is 3. The number of ether oxygens (including phenoxy) is 1. The van der Waals surface area contributed by atoms with Crippen molar-refractivity contribution >= 4 is 29.0 Å². The first-order valence-electron chi connectivity index (χ1n) is 7.23. The van der Waals surface area contributed by atoms with Gasteiger partial charge in [-0.15, -0.1) is 0 Å². The maximum atomic E-state index is 11.7. The SMILES string of the molecule is O=C(NNC(=O)OCc1ccccc1)Nc1cc2ccccc2o1. The third-order valence-corrected chi connectivity index (χ3v) is 3.15. The highest BCUT2D eigenvalue weighted by Gasteiger charge is 2.09. The van der Waals surface area contributed by atoms with E-state index in [2.05, 4.69) is 16.2 Å². The Morgan fingerprint density at radius 1 is 0.958 bits per heavy atom. The number of urea groups is 1. The fourth-order valence-electron chi connectivity index (χ4n) is 2.05. The van der Waals surface area contributed by atoms with Crippen LogP contribution in [0.15, 0.2) is 65.1 Å². The van der Waals surface area contributed by atoms with Gasteiger partial charge in [-0.25, -0.2) is 20.4 Å². The van der Waals surface area contributed by atoms with E-state index in [1.165, 1.54) is 0 Å². The zero-order valence-corrected chi connectivity index (χ0v) is 12.6. The van der Waals surface area contributed by atoms with E-state index < -0.39 is 12.1 Å². The molecule has 3 N–H and O–H groups in total. The minimum absolute atomic E-state index is 0.111. The molecule has 0 aliphatic heterocycles. The molecule has 3 aromatic rings. The highest BCUT2D eigenvalue weighted by Crippen LogP contribution is 2.22. The van der Waals surface area contributed by atoms with Crippen LogP contribution in [-0.2, 0) is 11.3 Å². The van der Waals surface area contributed by atoms with Crippen LogP contribution in [0.25, 0.3) is 11.0 Å². The van der Waals surface area contributed by atoms with Crippen molar-refractivity contribution in [3.63, 3.8) is 0 Å². The Kier molecular flexibility index (Phi) is 4.62. The second kappa shape index (κ2) is 7.19. The average molecular weight is 325 g/mol. The summed E-state index contributed by atoms with van der Waals surface area (Å²) in [5.74, 6) is 0.271. The molecule has 24 heavy (non-hydrogen) atoms. The van der Waals surface area contributed by atoms with Crippen LogP contribution in [-0.4, -0.2) is 12.1 Å². The van der Waals surface area contributed by atoms with E-state index in [1.807, 2.05) is 48.5 Å². The average Bonchev–Trinajstić information content (AvgIpc) is 3.01. The number of hydrogen-bond acceptors (Lipinski definition) is 4. The Hall–Kier alpha value is -3.48. The number of fused-ring (bicyclic) bond motifs is 1. The minimum Gasteiger partial charge on any atom is -0.443 e. The van der Waals surface area contributed by atoms with Gasteiger partial charge in [0.1, 0.15) is 12.2 Å². The van der Waals surface area contributed by atoms with Gasteiger partial charge in [0.25, 0.3) is 0 Å². The van der Waals surface area contributed by atoms with E-state index in [9.17, 15) is 9.59 Å². The van der Waals surface area contributed by atoms with Crippen molar-refractivity contribution in [1.29, 1.82) is 0 Å². The molecule has 1 aromatic heterocycles. The second-order valence-electron chi connectivity index (χ2n) is 4.91. The molecule has 1 heterocycles. The maximum Gasteiger partial charge on any atom is 0.426 e. The Morgan fingerprint density at radius 2 is 1.71 bits per heavy atom. The summed E-state index contributed by atoms with van der Waals surface area (Å²) in [6, 6.07) is 17.6. The molecular weight excluding hydrogens is 310 g/mol. The van der Waals surface area contributed by atoms with Crippen molar-refractivity contribution in [1.82, 2.24) is 10.9 Å². The number of hydrazine groups is 1. The minimum atomic E-state index is -0.765. The van der Waals surface area contributed by atoms with E-state index in [4.69, 9.17) is 9.15 Å². The van der Waals surface area contributed by atoms with Crippen molar-refractivity contribution in [3.05, 3.63) is 66.2 Å². The molecular formula is C17H15N3O4. The Balaban J connectivity index is 1.44. The maximum absolute atomic E-state index is 11.7. The number of anilines is 1. The molecule has 0 unspecified atom stereocenters. The summed E-state index contributed by atoms with van der Waals surface area (Å²) < 4.78 is 10.4. The first kappa shape index (κ1) is 15.4. The van der Waals surface area contributed by atoms with E-state index in [0.29, 0.717) is 5.58 Å². The lowest BCUT2D eigenvalue weighted by Gasteiger charge is -2.08. The summed E-state index contributed by atoms with van der Waals surface area (Å²) in [4.78, 5) is 23.2. The van der Waals surface area contributed by atoms with Crippen LogP contribution in [0.1, 0.15) is 5.56 Å². The van der Waals surface area contributed by atoms with Gasteiger partial charge in [0.05, 0.1) is 0 Å². The quantitative estimate of drug-likeness (QED) is 0.644. The lowest BCUT2D eigenvalue weighted by molar-refractivity contribution is 0.135. The summed E-state index contributed by atoms with van der Waals surface area (Å²) in [5.41, 5.74) is 5.82. The fourth-order valence-corrected chi connectivity index (χ4v) is 2.05. The number of carbonyl (C=O) groups excluding carboxylic acids is 2. The lowest BCUT2D eigenvalue weighted by Crippen LogP contribution is -2.44. The van der Waals surface area contributed by atoms with Crippen LogP contribution in [0.3, 0.4) is 0 Å². The van der Waals surface area contributed by atoms with Gasteiger partial charge in [-0.05, 0) is 11.6 Å². The van der Waals surface area contributed by atoms with Crippen LogP contribution >= 0.6 is 0 Å². The molecule has 7 nitrogen and oxygen atoms in total. The smallest absolute Gasteiger partial charge is 0.426 e. The van der Waals surface area contributed by atoms with Crippen molar-refractivity contribution < 1.29 is 18.7 Å². The van der Waals surface area contributed by atoms with Crippen LogP contribution in [0, 0.1) is 0 Å². The topological polar surface area (TPSA) is 92.6 Å². The van der Waals surface area contributed by atoms with Crippen LogP contribution in [0.5, 0.6) is 0 Å². The molecule has 2 aromatic carbocycles. The molecule has 0 bridgehead atoms. The first-order valence-corrected chi connectivity index (χ1v) is 7.23. The van der Waals surface area contributed by atoms with Crippen molar-refractivity contribution in [2.45, 2.75) is 6.61 Å². The van der Waals surface area contributed by atoms with Crippen LogP contribution in [0.4, 0.5) is 15.5 Å². The standard InChI is InChI=1S/C17H15N3O4/c21-16(18-15-10-13-8-4-5-9-14(13)24-15)19-20-17(22)23-11-12-6-2-1-3-7-12/h1-10H,11H2,(H,20,22)(H2,18,19,21). The van der Waals surface area contributed by atoms with E-state index in [-0.39, 0.29) is 12.5 Å². The van der Waals surface area contributed by atoms with E-state index >= 15 is 0 Å². The Labute approximate surface area is 137 Å². The van der Waals surface area contributed by atoms with Gasteiger partial charge >= 0.3 is 12.1 Å². The molecule has 122 valence electrons. The monoisotopic (exact) mass is 325 g/mol. The molecule has 3 rings (SSSR count). The van der Waals surface area contributed by atoms with Gasteiger partial charge in [-0.2, -0.15) is 0 Å². The van der Waals surface area contributed by atoms with Crippen molar-refractivity contribution in [2.75, 3.05) is 5.32 Å². The van der Waals surface area contributed by atoms with E-state index in [1.54, 1.807) is 12.1 Å². The number of hydrogen-bond donors (Lipinski definition) is 3. The molecule has 0 aliphatic carbocycles. The van der Waals surface area contributed by atoms with Gasteiger partial charge in [-0.1, -0.05) is 48.5 Å². The summed E-state index contributed by atoms with van der Waals surface area (Å²) >= 11 is 0. The second-order valence-corrected chi connectivity index (χ2v) is 4.91. The Bertz CT molecular complexity index is 812. The molecule has 0 radical (unpaired) electrons. The normalized spacial score (nSPS) is 10.2. The van der Waals surface area contributed by atoms with Crippen LogP contribution < -0.4 is 16.2 Å². The van der Waals surface area contributed by atoms with Gasteiger partial charge in [0.2, 0.25) is 5.88 Å². The molecule has 0 saturated carbocycles. The zero-order valence-electron chi connectivity index (χ0n) is 12.6. The highest BCUT2D eigenvalue weighted by molar-refractivity contribution is 5.91. The molecule has 0 atom stereocenters. The van der Waals surface area contributed by atoms with Gasteiger partial charge in [0.15, 0.2) is 0 Å². The number of amides is 3. The number of furan rings is 1. The Morgan fingerprint density at radius 3 is 2.50 bits per heavy atom. The van der Waals surface area contributed by atoms with Crippen molar-refractivity contribution in [3.8, 4) is 0 Å². The van der Waals surface area contributed by atoms with Crippen LogP contribution in [0.2, 0.25) is 0 Å². The first-order chi connectivity index (χ1) is 11.7. The number of carbonyl (C=O) groups is 2. The lowest BCUT2D eigenvalue weighted by atomic mass is 10.2. The van der Waals surface area contributed by atoms with Gasteiger partial charge < -0.3 is 9.15 Å². The predicted octanol–water partition coefficient (Wildman–Crippen LogP) is 3.40. The third-order valence-electron chi connectivity index (χ3n) is 3.15. The number of para-hydroxylation sites is 1. The van der Waals surface area contributed by atoms with Gasteiger partial charge in [0, 0.05) is 11.5 Å². The predicted molar refractivity (Wildman–Crippen MR) is 88.1 cm³/mol. The largest absolute Gasteiger partial charge is 0.443 e. The molecule has 0 saturated heterocycles. The molecule has 0 spiro atoms. The fraction of sp³-hybridized carbons (Fsp3) is 0.0588. The summed E-state index contributed by atoms with van der Waals surface area (Å²) in [6.07, 6.45) is -0.765. The van der Waals surface area contributed by atoms with Gasteiger partial charge in [-0.3, -0.25) is 5.32 Å². The molecule has 0 aliphatic rings. The number of benzene rings is 2. The summed E-state index contributed by atoms with van der Waals surface area (Å²) in [5, 5.41) is 3.34. The molecule has 0 fully saturated rings. The van der Waals surface area contributed by atoms with E-state index in [0.717, 1.165) is 10.9 Å². The summed E-state index contributed by atoms with van der Waals surface area (Å²) in [7, 11) is 0. The molecule has 7 heteroatoms. The number of rotatable bonds is 3. The summed E-state index contributed by atoms with van der Waals surface area (Å²) in [6.45, 7) is 0.111. The van der Waals surface area contributed by atoms with Crippen molar-refractivity contribution in [2.24, 2.45) is 0 Å².